The van der Waals surface area contributed by atoms with Crippen LogP contribution in [-0.4, -0.2) is 19.5 Å². The topological polar surface area (TPSA) is 43.6 Å². The molecule has 39 heavy (non-hydrogen) atoms. The Hall–Kier alpha value is -4.74. The number of para-hydroxylation sites is 1. The normalized spacial score (nSPS) is 14.3. The van der Waals surface area contributed by atoms with Crippen LogP contribution in [0, 0.1) is 0 Å². The molecular weight excluding hydrogens is 496 g/mol. The van der Waals surface area contributed by atoms with Crippen LogP contribution in [0.25, 0.3) is 38.9 Å². The van der Waals surface area contributed by atoms with E-state index in [2.05, 4.69) is 107 Å². The van der Waals surface area contributed by atoms with Crippen molar-refractivity contribution in [1.82, 2.24) is 19.5 Å². The fourth-order valence-electron chi connectivity index (χ4n) is 6.79. The van der Waals surface area contributed by atoms with Crippen LogP contribution in [0.1, 0.15) is 22.3 Å². The number of pyridine rings is 3. The molecule has 0 saturated carbocycles. The second kappa shape index (κ2) is 7.65. The van der Waals surface area contributed by atoms with Gasteiger partial charge in [-0.25, -0.2) is 0 Å². The SMILES string of the molecule is c1ccc2c(c1)Sc1cc(-n3c4ccccc4c4ccncc43)ccc1C21c2cccnc2-c2ncccc21. The monoisotopic (exact) mass is 516 g/mol. The summed E-state index contributed by atoms with van der Waals surface area (Å²) >= 11 is 1.85. The minimum Gasteiger partial charge on any atom is -0.308 e. The summed E-state index contributed by atoms with van der Waals surface area (Å²) in [5.74, 6) is 0. The Labute approximate surface area is 229 Å². The largest absolute Gasteiger partial charge is 0.308 e. The fourth-order valence-corrected chi connectivity index (χ4v) is 8.01. The summed E-state index contributed by atoms with van der Waals surface area (Å²) in [7, 11) is 0. The fraction of sp³-hybridized carbons (Fsp3) is 0.0294. The molecule has 1 spiro atoms. The lowest BCUT2D eigenvalue weighted by atomic mass is 9.67. The van der Waals surface area contributed by atoms with Crippen LogP contribution in [0.4, 0.5) is 0 Å². The molecule has 0 saturated heterocycles. The third-order valence-electron chi connectivity index (χ3n) is 8.26. The van der Waals surface area contributed by atoms with Crippen LogP contribution in [-0.2, 0) is 5.41 Å². The zero-order chi connectivity index (χ0) is 25.6. The van der Waals surface area contributed by atoms with Gasteiger partial charge in [-0.2, -0.15) is 0 Å². The Kier molecular flexibility index (Phi) is 4.16. The number of aromatic nitrogens is 4. The first-order chi connectivity index (χ1) is 19.4. The Morgan fingerprint density at radius 2 is 1.26 bits per heavy atom. The van der Waals surface area contributed by atoms with E-state index >= 15 is 0 Å². The molecule has 1 aliphatic heterocycles. The third-order valence-corrected chi connectivity index (χ3v) is 9.40. The lowest BCUT2D eigenvalue weighted by molar-refractivity contribution is 0.718. The second-order valence-electron chi connectivity index (χ2n) is 10.1. The van der Waals surface area contributed by atoms with E-state index in [1.54, 1.807) is 0 Å². The molecule has 3 aromatic carbocycles. The molecule has 4 nitrogen and oxygen atoms in total. The summed E-state index contributed by atoms with van der Waals surface area (Å²) in [6, 6.07) is 35.0. The van der Waals surface area contributed by atoms with Gasteiger partial charge in [-0.05, 0) is 64.7 Å². The van der Waals surface area contributed by atoms with Gasteiger partial charge in [0.25, 0.3) is 0 Å². The third kappa shape index (κ3) is 2.63. The first-order valence-corrected chi connectivity index (χ1v) is 13.8. The number of hydrogen-bond donors (Lipinski definition) is 0. The minimum atomic E-state index is -0.467. The van der Waals surface area contributed by atoms with Gasteiger partial charge in [0.1, 0.15) is 0 Å². The molecular formula is C34H20N4S. The number of hydrogen-bond acceptors (Lipinski definition) is 4. The van der Waals surface area contributed by atoms with Gasteiger partial charge in [0, 0.05) is 44.8 Å². The molecule has 4 aromatic heterocycles. The van der Waals surface area contributed by atoms with E-state index in [0.29, 0.717) is 0 Å². The van der Waals surface area contributed by atoms with Crippen LogP contribution in [0.15, 0.2) is 132 Å². The average molecular weight is 517 g/mol. The highest BCUT2D eigenvalue weighted by molar-refractivity contribution is 7.99. The molecule has 182 valence electrons. The Morgan fingerprint density at radius 3 is 2.10 bits per heavy atom. The van der Waals surface area contributed by atoms with Crippen molar-refractivity contribution in [2.24, 2.45) is 0 Å². The average Bonchev–Trinajstić information content (AvgIpc) is 3.49. The molecule has 0 unspecified atom stereocenters. The zero-order valence-electron chi connectivity index (χ0n) is 20.7. The van der Waals surface area contributed by atoms with Crippen LogP contribution in [0.5, 0.6) is 0 Å². The summed E-state index contributed by atoms with van der Waals surface area (Å²) in [6.45, 7) is 0. The zero-order valence-corrected chi connectivity index (χ0v) is 21.6. The van der Waals surface area contributed by atoms with E-state index in [1.165, 1.54) is 48.3 Å². The molecule has 0 fully saturated rings. The Bertz CT molecular complexity index is 2030. The highest BCUT2D eigenvalue weighted by Crippen LogP contribution is 2.61. The highest BCUT2D eigenvalue weighted by Gasteiger charge is 2.51. The standard InChI is InChI=1S/C34H20N4S/c1-3-11-28-22(7-1)23-15-18-35-20-29(23)38(28)21-13-14-25-31(19-21)39-30-12-4-2-8-24(30)34(25)26-9-5-16-36-32(26)33-27(34)10-6-17-37-33/h1-20H. The van der Waals surface area contributed by atoms with Crippen LogP contribution in [0.3, 0.4) is 0 Å². The van der Waals surface area contributed by atoms with Crippen molar-refractivity contribution in [3.05, 3.63) is 144 Å². The molecule has 5 heterocycles. The number of benzene rings is 3. The van der Waals surface area contributed by atoms with E-state index in [1.807, 2.05) is 36.5 Å². The van der Waals surface area contributed by atoms with E-state index in [0.717, 1.165) is 22.6 Å². The van der Waals surface area contributed by atoms with Gasteiger partial charge in [0.15, 0.2) is 0 Å². The maximum Gasteiger partial charge on any atom is 0.0937 e. The summed E-state index contributed by atoms with van der Waals surface area (Å²) in [5.41, 5.74) is 9.85. The number of rotatable bonds is 1. The van der Waals surface area contributed by atoms with Crippen LogP contribution >= 0.6 is 11.8 Å². The van der Waals surface area contributed by atoms with Gasteiger partial charge in [0.05, 0.1) is 34.0 Å². The summed E-state index contributed by atoms with van der Waals surface area (Å²) in [4.78, 5) is 16.7. The first kappa shape index (κ1) is 21.2. The van der Waals surface area contributed by atoms with Crippen molar-refractivity contribution < 1.29 is 0 Å². The van der Waals surface area contributed by atoms with Crippen molar-refractivity contribution in [2.45, 2.75) is 15.2 Å². The maximum atomic E-state index is 4.84. The van der Waals surface area contributed by atoms with Gasteiger partial charge in [-0.15, -0.1) is 0 Å². The molecule has 0 radical (unpaired) electrons. The smallest absolute Gasteiger partial charge is 0.0937 e. The van der Waals surface area contributed by atoms with Gasteiger partial charge in [-0.3, -0.25) is 15.0 Å². The molecule has 1 aliphatic carbocycles. The summed E-state index contributed by atoms with van der Waals surface area (Å²) in [5, 5.41) is 2.45. The second-order valence-corrected chi connectivity index (χ2v) is 11.2. The van der Waals surface area contributed by atoms with Gasteiger partial charge in [0.2, 0.25) is 0 Å². The van der Waals surface area contributed by atoms with Crippen molar-refractivity contribution in [1.29, 1.82) is 0 Å². The predicted octanol–water partition coefficient (Wildman–Crippen LogP) is 7.80. The quantitative estimate of drug-likeness (QED) is 0.223. The minimum absolute atomic E-state index is 0.467. The summed E-state index contributed by atoms with van der Waals surface area (Å²) in [6.07, 6.45) is 7.60. The van der Waals surface area contributed by atoms with Crippen molar-refractivity contribution >= 4 is 33.6 Å². The van der Waals surface area contributed by atoms with Crippen molar-refractivity contribution in [2.75, 3.05) is 0 Å². The maximum absolute atomic E-state index is 4.84. The number of fused-ring (bicyclic) bond motifs is 12. The van der Waals surface area contributed by atoms with Gasteiger partial charge < -0.3 is 4.57 Å². The lowest BCUT2D eigenvalue weighted by Crippen LogP contribution is -2.32. The van der Waals surface area contributed by atoms with E-state index in [4.69, 9.17) is 9.97 Å². The predicted molar refractivity (Wildman–Crippen MR) is 156 cm³/mol. The number of nitrogens with zero attached hydrogens (tertiary/aromatic N) is 4. The van der Waals surface area contributed by atoms with Crippen LogP contribution in [0.2, 0.25) is 0 Å². The van der Waals surface area contributed by atoms with Crippen molar-refractivity contribution in [3.8, 4) is 17.1 Å². The molecule has 2 aliphatic rings. The van der Waals surface area contributed by atoms with Crippen molar-refractivity contribution in [3.63, 3.8) is 0 Å². The molecule has 0 N–H and O–H groups in total. The molecule has 0 bridgehead atoms. The molecule has 0 amide bonds. The van der Waals surface area contributed by atoms with E-state index < -0.39 is 5.41 Å². The van der Waals surface area contributed by atoms with E-state index in [9.17, 15) is 0 Å². The molecule has 0 atom stereocenters. The molecule has 9 rings (SSSR count). The lowest BCUT2D eigenvalue weighted by Gasteiger charge is -2.39. The highest BCUT2D eigenvalue weighted by atomic mass is 32.2. The van der Waals surface area contributed by atoms with Gasteiger partial charge >= 0.3 is 0 Å². The van der Waals surface area contributed by atoms with E-state index in [-0.39, 0.29) is 0 Å². The van der Waals surface area contributed by atoms with Gasteiger partial charge in [-0.1, -0.05) is 66.4 Å². The van der Waals surface area contributed by atoms with Crippen LogP contribution < -0.4 is 0 Å². The first-order valence-electron chi connectivity index (χ1n) is 13.0. The summed E-state index contributed by atoms with van der Waals surface area (Å²) < 4.78 is 2.34. The molecule has 7 aromatic rings. The Balaban J connectivity index is 1.38. The Morgan fingerprint density at radius 1 is 0.564 bits per heavy atom. The molecule has 5 heteroatoms.